The molecule has 1 heterocycles. The summed E-state index contributed by atoms with van der Waals surface area (Å²) in [6.45, 7) is 6.50. The fourth-order valence-corrected chi connectivity index (χ4v) is 2.03. The number of carbonyl (C=O) groups is 1. The van der Waals surface area contributed by atoms with Gasteiger partial charge >= 0.3 is 0 Å². The number of aromatic nitrogens is 2. The van der Waals surface area contributed by atoms with Gasteiger partial charge in [0, 0.05) is 6.54 Å². The van der Waals surface area contributed by atoms with Gasteiger partial charge in [-0.2, -0.15) is 5.10 Å². The number of Topliss-reactive ketones (excluding diaryl/α,β-unsaturated/α-hetero) is 1. The maximum Gasteiger partial charge on any atom is 0.204 e. The lowest BCUT2D eigenvalue weighted by Crippen LogP contribution is -2.45. The van der Waals surface area contributed by atoms with E-state index in [-0.39, 0.29) is 5.78 Å². The van der Waals surface area contributed by atoms with Gasteiger partial charge in [0.05, 0.1) is 18.8 Å². The van der Waals surface area contributed by atoms with Crippen LogP contribution in [0.4, 0.5) is 0 Å². The number of aryl methyl sites for hydroxylation is 1. The van der Waals surface area contributed by atoms with E-state index in [0.717, 1.165) is 12.8 Å². The van der Waals surface area contributed by atoms with Gasteiger partial charge in [-0.3, -0.25) is 9.48 Å². The Hall–Kier alpha value is -1.36. The van der Waals surface area contributed by atoms with Crippen LogP contribution in [0.25, 0.3) is 0 Å². The summed E-state index contributed by atoms with van der Waals surface area (Å²) >= 11 is 0. The molecule has 0 fully saturated rings. The number of ether oxygens (including phenoxy) is 1. The van der Waals surface area contributed by atoms with E-state index in [0.29, 0.717) is 24.4 Å². The second kappa shape index (κ2) is 6.00. The fraction of sp³-hybridized carbons (Fsp3) is 0.692. The van der Waals surface area contributed by atoms with Crippen molar-refractivity contribution in [1.82, 2.24) is 9.78 Å². The molecule has 2 N–H and O–H groups in total. The van der Waals surface area contributed by atoms with E-state index in [4.69, 9.17) is 10.5 Å². The van der Waals surface area contributed by atoms with Crippen molar-refractivity contribution in [2.45, 2.75) is 52.1 Å². The van der Waals surface area contributed by atoms with Gasteiger partial charge in [0.1, 0.15) is 5.69 Å². The molecular formula is C13H23N3O2. The molecule has 0 aliphatic carbocycles. The molecule has 1 atom stereocenters. The molecule has 0 bridgehead atoms. The molecule has 1 aromatic heterocycles. The molecule has 0 saturated carbocycles. The van der Waals surface area contributed by atoms with Crippen LogP contribution in [0.1, 0.15) is 50.5 Å². The van der Waals surface area contributed by atoms with E-state index in [2.05, 4.69) is 5.10 Å². The lowest BCUT2D eigenvalue weighted by Gasteiger charge is -2.23. The highest BCUT2D eigenvalue weighted by atomic mass is 16.5. The van der Waals surface area contributed by atoms with Crippen molar-refractivity contribution in [2.75, 3.05) is 7.11 Å². The van der Waals surface area contributed by atoms with Crippen molar-refractivity contribution < 1.29 is 9.53 Å². The maximum absolute atomic E-state index is 12.5. The second-order valence-corrected chi connectivity index (χ2v) is 4.78. The van der Waals surface area contributed by atoms with Crippen LogP contribution in [-0.2, 0) is 6.54 Å². The average Bonchev–Trinajstić information content (AvgIpc) is 2.71. The van der Waals surface area contributed by atoms with Crippen LogP contribution in [0.3, 0.4) is 0 Å². The summed E-state index contributed by atoms with van der Waals surface area (Å²) in [5, 5.41) is 4.19. The van der Waals surface area contributed by atoms with E-state index in [1.54, 1.807) is 17.8 Å². The van der Waals surface area contributed by atoms with Crippen LogP contribution < -0.4 is 10.5 Å². The molecule has 1 unspecified atom stereocenters. The van der Waals surface area contributed by atoms with E-state index >= 15 is 0 Å². The molecular weight excluding hydrogens is 230 g/mol. The zero-order valence-electron chi connectivity index (χ0n) is 11.7. The smallest absolute Gasteiger partial charge is 0.204 e. The number of ketones is 1. The van der Waals surface area contributed by atoms with Crippen molar-refractivity contribution in [2.24, 2.45) is 5.73 Å². The highest BCUT2D eigenvalue weighted by molar-refractivity contribution is 6.03. The van der Waals surface area contributed by atoms with Crippen molar-refractivity contribution in [3.63, 3.8) is 0 Å². The molecule has 0 saturated heterocycles. The monoisotopic (exact) mass is 253 g/mol. The Kier molecular flexibility index (Phi) is 4.90. The zero-order chi connectivity index (χ0) is 13.8. The van der Waals surface area contributed by atoms with Gasteiger partial charge < -0.3 is 10.5 Å². The molecule has 0 aromatic carbocycles. The molecule has 1 aromatic rings. The first-order valence-corrected chi connectivity index (χ1v) is 6.41. The molecule has 0 spiro atoms. The molecule has 1 rings (SSSR count). The number of carbonyl (C=O) groups excluding carboxylic acids is 1. The Balaban J connectivity index is 3.13. The van der Waals surface area contributed by atoms with Gasteiger partial charge in [-0.25, -0.2) is 0 Å². The Labute approximate surface area is 108 Å². The topological polar surface area (TPSA) is 70.1 Å². The van der Waals surface area contributed by atoms with Crippen LogP contribution in [0.2, 0.25) is 0 Å². The fourth-order valence-electron chi connectivity index (χ4n) is 2.03. The van der Waals surface area contributed by atoms with Gasteiger partial charge in [-0.1, -0.05) is 20.3 Å². The largest absolute Gasteiger partial charge is 0.493 e. The average molecular weight is 253 g/mol. The van der Waals surface area contributed by atoms with Crippen molar-refractivity contribution in [3.8, 4) is 5.75 Å². The summed E-state index contributed by atoms with van der Waals surface area (Å²) in [7, 11) is 1.54. The van der Waals surface area contributed by atoms with Crippen molar-refractivity contribution in [3.05, 3.63) is 11.9 Å². The first-order valence-electron chi connectivity index (χ1n) is 6.41. The minimum absolute atomic E-state index is 0.104. The lowest BCUT2D eigenvalue weighted by molar-refractivity contribution is 0.0878. The summed E-state index contributed by atoms with van der Waals surface area (Å²) < 4.78 is 6.89. The third-order valence-corrected chi connectivity index (χ3v) is 2.96. The SMILES string of the molecule is CCCn1ncc(OC)c1C(=O)C(C)(N)CCC. The van der Waals surface area contributed by atoms with Crippen LogP contribution in [0.15, 0.2) is 6.20 Å². The minimum atomic E-state index is -0.868. The summed E-state index contributed by atoms with van der Waals surface area (Å²) in [6, 6.07) is 0. The number of nitrogens with two attached hydrogens (primary N) is 1. The third kappa shape index (κ3) is 2.90. The predicted molar refractivity (Wildman–Crippen MR) is 70.9 cm³/mol. The van der Waals surface area contributed by atoms with Gasteiger partial charge in [0.2, 0.25) is 5.78 Å². The molecule has 18 heavy (non-hydrogen) atoms. The Bertz CT molecular complexity index is 410. The standard InChI is InChI=1S/C13H23N3O2/c1-5-7-13(3,14)12(17)11-10(18-4)9-15-16(11)8-6-2/h9H,5-8,14H2,1-4H3. The predicted octanol–water partition coefficient (Wildman–Crippen LogP) is 2.00. The minimum Gasteiger partial charge on any atom is -0.493 e. The number of rotatable bonds is 7. The van der Waals surface area contributed by atoms with Crippen molar-refractivity contribution >= 4 is 5.78 Å². The Morgan fingerprint density at radius 2 is 2.17 bits per heavy atom. The lowest BCUT2D eigenvalue weighted by atomic mass is 9.90. The highest BCUT2D eigenvalue weighted by Crippen LogP contribution is 2.24. The zero-order valence-corrected chi connectivity index (χ0v) is 11.7. The quantitative estimate of drug-likeness (QED) is 0.754. The summed E-state index contributed by atoms with van der Waals surface area (Å²) in [4.78, 5) is 12.5. The summed E-state index contributed by atoms with van der Waals surface area (Å²) in [5.41, 5.74) is 5.72. The van der Waals surface area contributed by atoms with E-state index in [1.165, 1.54) is 7.11 Å². The van der Waals surface area contributed by atoms with Crippen LogP contribution in [0, 0.1) is 0 Å². The van der Waals surface area contributed by atoms with E-state index < -0.39 is 5.54 Å². The van der Waals surface area contributed by atoms with Crippen LogP contribution in [-0.4, -0.2) is 28.2 Å². The van der Waals surface area contributed by atoms with Gasteiger partial charge in [-0.15, -0.1) is 0 Å². The Morgan fingerprint density at radius 1 is 1.50 bits per heavy atom. The number of nitrogens with zero attached hydrogens (tertiary/aromatic N) is 2. The molecule has 102 valence electrons. The molecule has 0 aliphatic heterocycles. The molecule has 5 heteroatoms. The van der Waals surface area contributed by atoms with E-state index in [9.17, 15) is 4.79 Å². The second-order valence-electron chi connectivity index (χ2n) is 4.78. The van der Waals surface area contributed by atoms with Crippen LogP contribution >= 0.6 is 0 Å². The number of hydrogen-bond acceptors (Lipinski definition) is 4. The number of hydrogen-bond donors (Lipinski definition) is 1. The molecule has 0 radical (unpaired) electrons. The first-order chi connectivity index (χ1) is 8.47. The third-order valence-electron chi connectivity index (χ3n) is 2.96. The normalized spacial score (nSPS) is 14.3. The summed E-state index contributed by atoms with van der Waals surface area (Å²) in [6.07, 6.45) is 3.99. The number of methoxy groups -OCH3 is 1. The maximum atomic E-state index is 12.5. The van der Waals surface area contributed by atoms with Gasteiger partial charge in [-0.05, 0) is 19.8 Å². The van der Waals surface area contributed by atoms with E-state index in [1.807, 2.05) is 13.8 Å². The van der Waals surface area contributed by atoms with Gasteiger partial charge in [0.15, 0.2) is 5.75 Å². The highest BCUT2D eigenvalue weighted by Gasteiger charge is 2.33. The first kappa shape index (κ1) is 14.7. The molecule has 5 nitrogen and oxygen atoms in total. The van der Waals surface area contributed by atoms with Crippen molar-refractivity contribution in [1.29, 1.82) is 0 Å². The van der Waals surface area contributed by atoms with Gasteiger partial charge in [0.25, 0.3) is 0 Å². The van der Waals surface area contributed by atoms with Crippen LogP contribution in [0.5, 0.6) is 5.75 Å². The molecule has 0 amide bonds. The summed E-state index contributed by atoms with van der Waals surface area (Å²) in [5.74, 6) is 0.397. The molecule has 0 aliphatic rings. The Morgan fingerprint density at radius 3 is 2.67 bits per heavy atom.